The summed E-state index contributed by atoms with van der Waals surface area (Å²) in [7, 11) is 4.05. The van der Waals surface area contributed by atoms with Gasteiger partial charge in [0.05, 0.1) is 18.5 Å². The number of nitrogens with zero attached hydrogens (tertiary/aromatic N) is 2. The van der Waals surface area contributed by atoms with Crippen molar-refractivity contribution in [3.8, 4) is 5.88 Å². The predicted molar refractivity (Wildman–Crippen MR) is 84.9 cm³/mol. The number of aromatic nitrogens is 1. The summed E-state index contributed by atoms with van der Waals surface area (Å²) in [6.07, 6.45) is 1.72. The average Bonchev–Trinajstić information content (AvgIpc) is 2.52. The van der Waals surface area contributed by atoms with Crippen molar-refractivity contribution >= 4 is 11.4 Å². The molecule has 0 aliphatic heterocycles. The highest BCUT2D eigenvalue weighted by atomic mass is 16.5. The van der Waals surface area contributed by atoms with Gasteiger partial charge in [-0.2, -0.15) is 0 Å². The third kappa shape index (κ3) is 4.65. The Morgan fingerprint density at radius 1 is 1.14 bits per heavy atom. The van der Waals surface area contributed by atoms with Gasteiger partial charge >= 0.3 is 0 Å². The fourth-order valence-electron chi connectivity index (χ4n) is 1.84. The van der Waals surface area contributed by atoms with Gasteiger partial charge in [-0.1, -0.05) is 12.1 Å². The number of ether oxygens (including phenoxy) is 1. The zero-order chi connectivity index (χ0) is 15.1. The van der Waals surface area contributed by atoms with Crippen molar-refractivity contribution in [2.75, 3.05) is 37.5 Å². The number of hydrogen-bond donors (Lipinski definition) is 2. The Bertz CT molecular complexity index is 538. The van der Waals surface area contributed by atoms with Crippen LogP contribution in [0.4, 0.5) is 11.4 Å². The minimum absolute atomic E-state index is 0.00930. The predicted octanol–water partition coefficient (Wildman–Crippen LogP) is 2.13. The first-order valence-electron chi connectivity index (χ1n) is 6.89. The third-order valence-corrected chi connectivity index (χ3v) is 3.03. The molecule has 0 aliphatic rings. The normalized spacial score (nSPS) is 10.2. The highest BCUT2D eigenvalue weighted by Gasteiger charge is 1.99. The average molecular weight is 287 g/mol. The second-order valence-corrected chi connectivity index (χ2v) is 4.87. The largest absolute Gasteiger partial charge is 0.475 e. The van der Waals surface area contributed by atoms with Gasteiger partial charge in [0.2, 0.25) is 5.88 Å². The van der Waals surface area contributed by atoms with Crippen molar-refractivity contribution in [3.63, 3.8) is 0 Å². The monoisotopic (exact) mass is 287 g/mol. The van der Waals surface area contributed by atoms with Crippen LogP contribution in [0.2, 0.25) is 0 Å². The fraction of sp³-hybridized carbons (Fsp3) is 0.312. The molecule has 0 unspecified atom stereocenters. The molecule has 21 heavy (non-hydrogen) atoms. The van der Waals surface area contributed by atoms with Crippen LogP contribution in [0.1, 0.15) is 5.56 Å². The smallest absolute Gasteiger partial charge is 0.213 e. The molecule has 0 saturated carbocycles. The van der Waals surface area contributed by atoms with Crippen molar-refractivity contribution in [3.05, 3.63) is 48.2 Å². The minimum Gasteiger partial charge on any atom is -0.475 e. The Balaban J connectivity index is 1.87. The summed E-state index contributed by atoms with van der Waals surface area (Å²) < 4.78 is 5.21. The standard InChI is InChI=1S/C16H21N3O2/c1-19(2)15-6-3-13(4-7-15)11-17-14-5-8-16(18-12-14)21-10-9-20/h3-8,12,17,20H,9-11H2,1-2H3. The van der Waals surface area contributed by atoms with Gasteiger partial charge in [0, 0.05) is 32.4 Å². The van der Waals surface area contributed by atoms with E-state index in [2.05, 4.69) is 39.5 Å². The molecule has 0 fully saturated rings. The number of aliphatic hydroxyl groups is 1. The lowest BCUT2D eigenvalue weighted by Gasteiger charge is -2.13. The molecule has 2 aromatic rings. The number of rotatable bonds is 7. The molecule has 0 spiro atoms. The Kier molecular flexibility index (Phi) is 5.40. The minimum atomic E-state index is -0.00930. The van der Waals surface area contributed by atoms with E-state index in [0.717, 1.165) is 12.2 Å². The summed E-state index contributed by atoms with van der Waals surface area (Å²) in [5.74, 6) is 0.518. The van der Waals surface area contributed by atoms with Gasteiger partial charge in [-0.3, -0.25) is 0 Å². The molecule has 112 valence electrons. The van der Waals surface area contributed by atoms with Crippen LogP contribution in [0.3, 0.4) is 0 Å². The van der Waals surface area contributed by atoms with E-state index in [-0.39, 0.29) is 13.2 Å². The number of nitrogens with one attached hydrogen (secondary N) is 1. The van der Waals surface area contributed by atoms with Crippen LogP contribution >= 0.6 is 0 Å². The Labute approximate surface area is 125 Å². The van der Waals surface area contributed by atoms with Gasteiger partial charge in [0.25, 0.3) is 0 Å². The first-order valence-corrected chi connectivity index (χ1v) is 6.89. The van der Waals surface area contributed by atoms with E-state index in [0.29, 0.717) is 5.88 Å². The topological polar surface area (TPSA) is 57.6 Å². The SMILES string of the molecule is CN(C)c1ccc(CNc2ccc(OCCO)nc2)cc1. The Hall–Kier alpha value is -2.27. The molecule has 0 atom stereocenters. The zero-order valence-corrected chi connectivity index (χ0v) is 12.4. The van der Waals surface area contributed by atoms with Crippen LogP contribution < -0.4 is 15.0 Å². The molecule has 0 radical (unpaired) electrons. The number of aliphatic hydroxyl groups excluding tert-OH is 1. The summed E-state index contributed by atoms with van der Waals surface area (Å²) in [4.78, 5) is 6.24. The molecular weight excluding hydrogens is 266 g/mol. The van der Waals surface area contributed by atoms with Gasteiger partial charge in [-0.15, -0.1) is 0 Å². The molecule has 5 nitrogen and oxygen atoms in total. The molecule has 0 saturated heterocycles. The molecule has 1 aromatic heterocycles. The van der Waals surface area contributed by atoms with Crippen LogP contribution in [0, 0.1) is 0 Å². The summed E-state index contributed by atoms with van der Waals surface area (Å²) >= 11 is 0. The van der Waals surface area contributed by atoms with Crippen LogP contribution in [0.15, 0.2) is 42.6 Å². The van der Waals surface area contributed by atoms with Crippen LogP contribution in [0.25, 0.3) is 0 Å². The molecule has 2 N–H and O–H groups in total. The second kappa shape index (κ2) is 7.50. The van der Waals surface area contributed by atoms with E-state index in [1.54, 1.807) is 12.3 Å². The summed E-state index contributed by atoms with van der Waals surface area (Å²) in [6, 6.07) is 12.1. The van der Waals surface area contributed by atoms with Crippen molar-refractivity contribution in [2.24, 2.45) is 0 Å². The number of hydrogen-bond acceptors (Lipinski definition) is 5. The number of benzene rings is 1. The molecule has 2 rings (SSSR count). The van der Waals surface area contributed by atoms with E-state index in [9.17, 15) is 0 Å². The van der Waals surface area contributed by atoms with E-state index < -0.39 is 0 Å². The lowest BCUT2D eigenvalue weighted by molar-refractivity contribution is 0.196. The van der Waals surface area contributed by atoms with Gasteiger partial charge in [0.15, 0.2) is 0 Å². The zero-order valence-electron chi connectivity index (χ0n) is 12.4. The summed E-state index contributed by atoms with van der Waals surface area (Å²) in [6.45, 7) is 0.995. The molecule has 0 bridgehead atoms. The summed E-state index contributed by atoms with van der Waals surface area (Å²) in [5, 5.41) is 12.0. The first-order chi connectivity index (χ1) is 10.2. The van der Waals surface area contributed by atoms with Crippen molar-refractivity contribution in [2.45, 2.75) is 6.54 Å². The number of anilines is 2. The maximum Gasteiger partial charge on any atom is 0.213 e. The highest BCUT2D eigenvalue weighted by molar-refractivity contribution is 5.47. The van der Waals surface area contributed by atoms with Gasteiger partial charge in [0.1, 0.15) is 6.61 Å². The van der Waals surface area contributed by atoms with Crippen LogP contribution in [-0.2, 0) is 6.54 Å². The summed E-state index contributed by atoms with van der Waals surface area (Å²) in [5.41, 5.74) is 3.33. The van der Waals surface area contributed by atoms with E-state index >= 15 is 0 Å². The van der Waals surface area contributed by atoms with Crippen molar-refractivity contribution in [1.82, 2.24) is 4.98 Å². The van der Waals surface area contributed by atoms with Gasteiger partial charge in [-0.05, 0) is 23.8 Å². The molecule has 0 aliphatic carbocycles. The first kappa shape index (κ1) is 15.1. The van der Waals surface area contributed by atoms with Crippen molar-refractivity contribution < 1.29 is 9.84 Å². The maximum atomic E-state index is 8.68. The quantitative estimate of drug-likeness (QED) is 0.817. The highest BCUT2D eigenvalue weighted by Crippen LogP contribution is 2.15. The maximum absolute atomic E-state index is 8.68. The van der Waals surface area contributed by atoms with E-state index in [4.69, 9.17) is 9.84 Å². The van der Waals surface area contributed by atoms with E-state index in [1.807, 2.05) is 20.2 Å². The third-order valence-electron chi connectivity index (χ3n) is 3.03. The lowest BCUT2D eigenvalue weighted by atomic mass is 10.2. The van der Waals surface area contributed by atoms with Gasteiger partial charge in [-0.25, -0.2) is 4.98 Å². The molecule has 5 heteroatoms. The van der Waals surface area contributed by atoms with Gasteiger partial charge < -0.3 is 20.1 Å². The lowest BCUT2D eigenvalue weighted by Crippen LogP contribution is -2.08. The second-order valence-electron chi connectivity index (χ2n) is 4.87. The van der Waals surface area contributed by atoms with Crippen LogP contribution in [0.5, 0.6) is 5.88 Å². The number of pyridine rings is 1. The Morgan fingerprint density at radius 3 is 2.48 bits per heavy atom. The fourth-order valence-corrected chi connectivity index (χ4v) is 1.84. The van der Waals surface area contributed by atoms with E-state index in [1.165, 1.54) is 11.3 Å². The molecular formula is C16H21N3O2. The molecule has 1 aromatic carbocycles. The molecule has 1 heterocycles. The van der Waals surface area contributed by atoms with Crippen LogP contribution in [-0.4, -0.2) is 37.4 Å². The van der Waals surface area contributed by atoms with Crippen molar-refractivity contribution in [1.29, 1.82) is 0 Å². The Morgan fingerprint density at radius 2 is 1.90 bits per heavy atom. The molecule has 0 amide bonds.